The second kappa shape index (κ2) is 8.64. The van der Waals surface area contributed by atoms with Gasteiger partial charge in [-0.05, 0) is 80.2 Å². The van der Waals surface area contributed by atoms with E-state index in [1.165, 1.54) is 42.4 Å². The van der Waals surface area contributed by atoms with Gasteiger partial charge in [0.25, 0.3) is 0 Å². The van der Waals surface area contributed by atoms with Crippen LogP contribution in [0.15, 0.2) is 65.8 Å². The first-order valence-corrected chi connectivity index (χ1v) is 11.1. The second-order valence-corrected chi connectivity index (χ2v) is 8.84. The Kier molecular flexibility index (Phi) is 5.99. The summed E-state index contributed by atoms with van der Waals surface area (Å²) < 4.78 is 13.7. The summed E-state index contributed by atoms with van der Waals surface area (Å²) in [6.45, 7) is 6.14. The molecule has 0 amide bonds. The van der Waals surface area contributed by atoms with E-state index >= 15 is 0 Å². The summed E-state index contributed by atoms with van der Waals surface area (Å²) in [6, 6.07) is 8.88. The van der Waals surface area contributed by atoms with Crippen molar-refractivity contribution in [2.24, 2.45) is 17.8 Å². The Morgan fingerprint density at radius 3 is 2.61 bits per heavy atom. The molecule has 1 fully saturated rings. The molecular weight excluding hydrogens is 343 g/mol. The predicted molar refractivity (Wildman–Crippen MR) is 118 cm³/mol. The number of alkyl halides is 1. The largest absolute Gasteiger partial charge is 0.247 e. The standard InChI is InChI=1S/C27H33F/c1-3-19-5-7-21(8-6-19)18-27-25(22-10-13-24(28)14-11-22)16-12-23-17-20(4-2)9-15-26(23)27/h3,5-10,15,23-25,27H,1,4,11-14,16-18H2,2H3. The van der Waals surface area contributed by atoms with Crippen molar-refractivity contribution in [1.29, 1.82) is 0 Å². The number of halogens is 1. The van der Waals surface area contributed by atoms with Crippen LogP contribution in [0.1, 0.15) is 63.0 Å². The Morgan fingerprint density at radius 2 is 1.93 bits per heavy atom. The van der Waals surface area contributed by atoms with Crippen molar-refractivity contribution in [2.45, 2.75) is 64.5 Å². The Balaban J connectivity index is 1.64. The molecule has 0 radical (unpaired) electrons. The van der Waals surface area contributed by atoms with Gasteiger partial charge < -0.3 is 0 Å². The SMILES string of the molecule is C=Cc1ccc(CC2C3=CC=C(CC)CC3CCC2C2=CCC(F)CC2)cc1. The summed E-state index contributed by atoms with van der Waals surface area (Å²) in [7, 11) is 0. The van der Waals surface area contributed by atoms with Gasteiger partial charge in [-0.3, -0.25) is 0 Å². The zero-order valence-electron chi connectivity index (χ0n) is 17.2. The summed E-state index contributed by atoms with van der Waals surface area (Å²) in [5.41, 5.74) is 7.37. The van der Waals surface area contributed by atoms with Crippen LogP contribution in [0.3, 0.4) is 0 Å². The van der Waals surface area contributed by atoms with Gasteiger partial charge in [0.05, 0.1) is 0 Å². The highest BCUT2D eigenvalue weighted by atomic mass is 19.1. The van der Waals surface area contributed by atoms with Gasteiger partial charge in [0.1, 0.15) is 6.17 Å². The fourth-order valence-electron chi connectivity index (χ4n) is 5.53. The number of hydrogen-bond donors (Lipinski definition) is 0. The van der Waals surface area contributed by atoms with Crippen LogP contribution in [0.5, 0.6) is 0 Å². The Morgan fingerprint density at radius 1 is 1.11 bits per heavy atom. The van der Waals surface area contributed by atoms with Crippen molar-refractivity contribution >= 4 is 6.08 Å². The van der Waals surface area contributed by atoms with E-state index in [2.05, 4.69) is 56.0 Å². The molecule has 1 aromatic carbocycles. The Hall–Kier alpha value is -1.89. The van der Waals surface area contributed by atoms with Crippen LogP contribution in [0.4, 0.5) is 4.39 Å². The van der Waals surface area contributed by atoms with Crippen molar-refractivity contribution < 1.29 is 4.39 Å². The molecule has 1 aromatic rings. The van der Waals surface area contributed by atoms with Crippen LogP contribution in [0, 0.1) is 17.8 Å². The maximum absolute atomic E-state index is 13.7. The summed E-state index contributed by atoms with van der Waals surface area (Å²) in [5.74, 6) is 1.86. The van der Waals surface area contributed by atoms with E-state index in [4.69, 9.17) is 0 Å². The van der Waals surface area contributed by atoms with Crippen LogP contribution in [0.2, 0.25) is 0 Å². The highest BCUT2D eigenvalue weighted by Gasteiger charge is 2.38. The first kappa shape index (κ1) is 19.4. The first-order chi connectivity index (χ1) is 13.7. The molecule has 0 bridgehead atoms. The molecule has 3 aliphatic rings. The lowest BCUT2D eigenvalue weighted by Crippen LogP contribution is -2.32. The molecule has 4 rings (SSSR count). The first-order valence-electron chi connectivity index (χ1n) is 11.1. The molecule has 0 nitrogen and oxygen atoms in total. The highest BCUT2D eigenvalue weighted by molar-refractivity contribution is 5.47. The molecule has 3 aliphatic carbocycles. The van der Waals surface area contributed by atoms with Crippen LogP contribution in [-0.2, 0) is 6.42 Å². The molecular formula is C27H33F. The number of allylic oxidation sites excluding steroid dienone is 6. The van der Waals surface area contributed by atoms with Gasteiger partial charge in [0.15, 0.2) is 0 Å². The van der Waals surface area contributed by atoms with Crippen molar-refractivity contribution in [2.75, 3.05) is 0 Å². The summed E-state index contributed by atoms with van der Waals surface area (Å²) in [5, 5.41) is 0. The zero-order chi connectivity index (χ0) is 19.5. The van der Waals surface area contributed by atoms with Gasteiger partial charge in [-0.25, -0.2) is 4.39 Å². The molecule has 0 aromatic heterocycles. The number of benzene rings is 1. The summed E-state index contributed by atoms with van der Waals surface area (Å²) in [4.78, 5) is 0. The van der Waals surface area contributed by atoms with Crippen LogP contribution in [-0.4, -0.2) is 6.17 Å². The maximum atomic E-state index is 13.7. The molecule has 28 heavy (non-hydrogen) atoms. The highest BCUT2D eigenvalue weighted by Crippen LogP contribution is 2.48. The van der Waals surface area contributed by atoms with Crippen molar-refractivity contribution in [3.63, 3.8) is 0 Å². The quantitative estimate of drug-likeness (QED) is 0.463. The topological polar surface area (TPSA) is 0 Å². The van der Waals surface area contributed by atoms with Crippen LogP contribution >= 0.6 is 0 Å². The molecule has 1 heteroatoms. The van der Waals surface area contributed by atoms with E-state index < -0.39 is 6.17 Å². The van der Waals surface area contributed by atoms with Crippen molar-refractivity contribution in [3.8, 4) is 0 Å². The third-order valence-electron chi connectivity index (χ3n) is 7.21. The molecule has 0 spiro atoms. The minimum atomic E-state index is -0.631. The molecule has 0 heterocycles. The monoisotopic (exact) mass is 376 g/mol. The summed E-state index contributed by atoms with van der Waals surface area (Å²) >= 11 is 0. The van der Waals surface area contributed by atoms with E-state index in [0.29, 0.717) is 30.6 Å². The number of hydrogen-bond acceptors (Lipinski definition) is 0. The van der Waals surface area contributed by atoms with Gasteiger partial charge in [-0.2, -0.15) is 0 Å². The molecule has 1 saturated carbocycles. The number of rotatable bonds is 5. The normalized spacial score (nSPS) is 30.0. The third-order valence-corrected chi connectivity index (χ3v) is 7.21. The van der Waals surface area contributed by atoms with Gasteiger partial charge in [0.2, 0.25) is 0 Å². The molecule has 4 atom stereocenters. The average molecular weight is 377 g/mol. The lowest BCUT2D eigenvalue weighted by molar-refractivity contribution is 0.256. The van der Waals surface area contributed by atoms with Crippen LogP contribution < -0.4 is 0 Å². The average Bonchev–Trinajstić information content (AvgIpc) is 2.75. The molecule has 0 N–H and O–H groups in total. The second-order valence-electron chi connectivity index (χ2n) is 8.84. The maximum Gasteiger partial charge on any atom is 0.104 e. The molecule has 0 saturated heterocycles. The van der Waals surface area contributed by atoms with Gasteiger partial charge in [-0.15, -0.1) is 0 Å². The van der Waals surface area contributed by atoms with Crippen molar-refractivity contribution in [3.05, 3.63) is 76.9 Å². The Bertz CT molecular complexity index is 792. The fourth-order valence-corrected chi connectivity index (χ4v) is 5.53. The Labute approximate surface area is 169 Å². The molecule has 0 aliphatic heterocycles. The van der Waals surface area contributed by atoms with Crippen LogP contribution in [0.25, 0.3) is 6.08 Å². The lowest BCUT2D eigenvalue weighted by Gasteiger charge is -2.43. The third kappa shape index (κ3) is 4.09. The number of fused-ring (bicyclic) bond motifs is 1. The van der Waals surface area contributed by atoms with Crippen molar-refractivity contribution in [1.82, 2.24) is 0 Å². The van der Waals surface area contributed by atoms with E-state index in [1.54, 1.807) is 11.1 Å². The molecule has 148 valence electrons. The van der Waals surface area contributed by atoms with Gasteiger partial charge >= 0.3 is 0 Å². The molecule has 4 unspecified atom stereocenters. The lowest BCUT2D eigenvalue weighted by atomic mass is 9.62. The minimum absolute atomic E-state index is 0.561. The van der Waals surface area contributed by atoms with Gasteiger partial charge in [-0.1, -0.05) is 78.8 Å². The summed E-state index contributed by atoms with van der Waals surface area (Å²) in [6.07, 6.45) is 16.7. The smallest absolute Gasteiger partial charge is 0.104 e. The zero-order valence-corrected chi connectivity index (χ0v) is 17.2. The predicted octanol–water partition coefficient (Wildman–Crippen LogP) is 7.63. The minimum Gasteiger partial charge on any atom is -0.247 e. The van der Waals surface area contributed by atoms with E-state index in [0.717, 1.165) is 12.8 Å². The van der Waals surface area contributed by atoms with E-state index in [1.807, 2.05) is 6.08 Å². The van der Waals surface area contributed by atoms with E-state index in [9.17, 15) is 4.39 Å². The van der Waals surface area contributed by atoms with Gasteiger partial charge in [0, 0.05) is 0 Å². The van der Waals surface area contributed by atoms with E-state index in [-0.39, 0.29) is 0 Å². The fraction of sp³-hybridized carbons (Fsp3) is 0.481.